The van der Waals surface area contributed by atoms with Crippen molar-refractivity contribution in [2.24, 2.45) is 0 Å². The average molecular weight is 261 g/mol. The van der Waals surface area contributed by atoms with Gasteiger partial charge in [-0.1, -0.05) is 36.4 Å². The maximum absolute atomic E-state index is 12.2. The summed E-state index contributed by atoms with van der Waals surface area (Å²) in [6.45, 7) is 0.855. The predicted octanol–water partition coefficient (Wildman–Crippen LogP) is 2.38. The Hall–Kier alpha value is -1.65. The fourth-order valence-corrected chi connectivity index (χ4v) is 2.42. The number of hydrogen-bond donors (Lipinski definition) is 1. The molecule has 1 N–H and O–H groups in total. The lowest BCUT2D eigenvalue weighted by molar-refractivity contribution is 0.0712. The highest BCUT2D eigenvalue weighted by atomic mass is 32.1. The number of hydrogen-bond acceptors (Lipinski definition) is 3. The van der Waals surface area contributed by atoms with Gasteiger partial charge in [0.25, 0.3) is 5.91 Å². The Morgan fingerprint density at radius 3 is 2.56 bits per heavy atom. The molecule has 3 nitrogen and oxygen atoms in total. The van der Waals surface area contributed by atoms with Gasteiger partial charge in [0, 0.05) is 13.1 Å². The topological polar surface area (TPSA) is 40.5 Å². The van der Waals surface area contributed by atoms with E-state index in [0.29, 0.717) is 18.0 Å². The summed E-state index contributed by atoms with van der Waals surface area (Å²) in [5.74, 6) is -0.0251. The molecule has 18 heavy (non-hydrogen) atoms. The van der Waals surface area contributed by atoms with E-state index < -0.39 is 0 Å². The van der Waals surface area contributed by atoms with Crippen LogP contribution in [0.2, 0.25) is 0 Å². The van der Waals surface area contributed by atoms with Crippen LogP contribution in [-0.4, -0.2) is 29.1 Å². The molecule has 1 aromatic carbocycles. The molecule has 0 unspecified atom stereocenters. The van der Waals surface area contributed by atoms with Crippen LogP contribution in [0, 0.1) is 0 Å². The Morgan fingerprint density at radius 1 is 1.17 bits per heavy atom. The zero-order valence-electron chi connectivity index (χ0n) is 9.95. The van der Waals surface area contributed by atoms with Crippen LogP contribution in [0.15, 0.2) is 47.8 Å². The molecular formula is C14H15NO2S. The smallest absolute Gasteiger partial charge is 0.264 e. The lowest BCUT2D eigenvalue weighted by Gasteiger charge is -2.21. The number of rotatable bonds is 5. The van der Waals surface area contributed by atoms with Crippen molar-refractivity contribution in [1.29, 1.82) is 0 Å². The molecule has 4 heteroatoms. The summed E-state index contributed by atoms with van der Waals surface area (Å²) in [6, 6.07) is 13.5. The largest absolute Gasteiger partial charge is 0.395 e. The summed E-state index contributed by atoms with van der Waals surface area (Å²) in [5.41, 5.74) is 1.07. The fraction of sp³-hybridized carbons (Fsp3) is 0.214. The van der Waals surface area contributed by atoms with E-state index in [1.165, 1.54) is 11.3 Å². The van der Waals surface area contributed by atoms with Crippen LogP contribution in [0.25, 0.3) is 0 Å². The zero-order chi connectivity index (χ0) is 12.8. The van der Waals surface area contributed by atoms with E-state index in [1.807, 2.05) is 47.8 Å². The summed E-state index contributed by atoms with van der Waals surface area (Å²) >= 11 is 1.42. The molecule has 0 atom stereocenters. The zero-order valence-corrected chi connectivity index (χ0v) is 10.8. The third kappa shape index (κ3) is 3.18. The van der Waals surface area contributed by atoms with E-state index in [9.17, 15) is 4.79 Å². The van der Waals surface area contributed by atoms with Gasteiger partial charge in [-0.25, -0.2) is 0 Å². The molecule has 0 saturated carbocycles. The predicted molar refractivity (Wildman–Crippen MR) is 72.6 cm³/mol. The molecule has 1 aromatic heterocycles. The maximum atomic E-state index is 12.2. The lowest BCUT2D eigenvalue weighted by atomic mass is 10.2. The van der Waals surface area contributed by atoms with Crippen molar-refractivity contribution in [3.05, 3.63) is 58.3 Å². The third-order valence-corrected chi connectivity index (χ3v) is 3.46. The van der Waals surface area contributed by atoms with Gasteiger partial charge < -0.3 is 10.0 Å². The molecule has 0 fully saturated rings. The molecule has 1 amide bonds. The van der Waals surface area contributed by atoms with Gasteiger partial charge in [-0.2, -0.15) is 0 Å². The maximum Gasteiger partial charge on any atom is 0.264 e. The van der Waals surface area contributed by atoms with Crippen LogP contribution in [0.3, 0.4) is 0 Å². The second kappa shape index (κ2) is 6.33. The first kappa shape index (κ1) is 12.8. The van der Waals surface area contributed by atoms with Gasteiger partial charge in [0.2, 0.25) is 0 Å². The van der Waals surface area contributed by atoms with E-state index >= 15 is 0 Å². The van der Waals surface area contributed by atoms with Crippen LogP contribution in [0.1, 0.15) is 15.2 Å². The van der Waals surface area contributed by atoms with Crippen LogP contribution >= 0.6 is 11.3 Å². The summed E-state index contributed by atoms with van der Waals surface area (Å²) < 4.78 is 0. The van der Waals surface area contributed by atoms with Gasteiger partial charge in [-0.05, 0) is 17.0 Å². The second-order valence-corrected chi connectivity index (χ2v) is 4.86. The van der Waals surface area contributed by atoms with E-state index in [4.69, 9.17) is 5.11 Å². The van der Waals surface area contributed by atoms with Gasteiger partial charge in [-0.15, -0.1) is 11.3 Å². The molecule has 0 aliphatic heterocycles. The molecule has 0 bridgehead atoms. The highest BCUT2D eigenvalue weighted by Gasteiger charge is 2.16. The summed E-state index contributed by atoms with van der Waals surface area (Å²) in [4.78, 5) is 14.6. The third-order valence-electron chi connectivity index (χ3n) is 2.61. The number of benzene rings is 1. The van der Waals surface area contributed by atoms with Crippen molar-refractivity contribution < 1.29 is 9.90 Å². The number of thiophene rings is 1. The molecule has 94 valence electrons. The average Bonchev–Trinajstić information content (AvgIpc) is 2.92. The van der Waals surface area contributed by atoms with Gasteiger partial charge in [-0.3, -0.25) is 4.79 Å². The van der Waals surface area contributed by atoms with Gasteiger partial charge in [0.05, 0.1) is 11.5 Å². The summed E-state index contributed by atoms with van der Waals surface area (Å²) in [5, 5.41) is 11.0. The van der Waals surface area contributed by atoms with E-state index in [-0.39, 0.29) is 12.5 Å². The van der Waals surface area contributed by atoms with Crippen molar-refractivity contribution in [1.82, 2.24) is 4.90 Å². The highest BCUT2D eigenvalue weighted by molar-refractivity contribution is 7.12. The normalized spacial score (nSPS) is 10.3. The van der Waals surface area contributed by atoms with Crippen molar-refractivity contribution >= 4 is 17.2 Å². The van der Waals surface area contributed by atoms with Crippen LogP contribution < -0.4 is 0 Å². The van der Waals surface area contributed by atoms with E-state index in [0.717, 1.165) is 5.56 Å². The van der Waals surface area contributed by atoms with Gasteiger partial charge in [0.1, 0.15) is 0 Å². The molecule has 2 aromatic rings. The SMILES string of the molecule is O=C(c1cccs1)N(CCO)Cc1ccccc1. The molecule has 2 rings (SSSR count). The van der Waals surface area contributed by atoms with Crippen LogP contribution in [0.4, 0.5) is 0 Å². The number of amides is 1. The molecule has 0 saturated heterocycles. The Morgan fingerprint density at radius 2 is 1.94 bits per heavy atom. The Bertz CT molecular complexity index is 482. The summed E-state index contributed by atoms with van der Waals surface area (Å²) in [7, 11) is 0. The molecule has 0 aliphatic carbocycles. The van der Waals surface area contributed by atoms with Crippen LogP contribution in [-0.2, 0) is 6.54 Å². The van der Waals surface area contributed by atoms with Crippen molar-refractivity contribution in [3.63, 3.8) is 0 Å². The first-order valence-electron chi connectivity index (χ1n) is 5.79. The minimum Gasteiger partial charge on any atom is -0.395 e. The lowest BCUT2D eigenvalue weighted by Crippen LogP contribution is -2.32. The number of carbonyl (C=O) groups excluding carboxylic acids is 1. The van der Waals surface area contributed by atoms with E-state index in [1.54, 1.807) is 4.90 Å². The molecule has 0 radical (unpaired) electrons. The Labute approximate surface area is 110 Å². The van der Waals surface area contributed by atoms with Crippen molar-refractivity contribution in [2.75, 3.05) is 13.2 Å². The molecular weight excluding hydrogens is 246 g/mol. The monoisotopic (exact) mass is 261 g/mol. The van der Waals surface area contributed by atoms with Crippen molar-refractivity contribution in [3.8, 4) is 0 Å². The van der Waals surface area contributed by atoms with Gasteiger partial charge in [0.15, 0.2) is 0 Å². The number of carbonyl (C=O) groups is 1. The van der Waals surface area contributed by atoms with E-state index in [2.05, 4.69) is 0 Å². The molecule has 1 heterocycles. The summed E-state index contributed by atoms with van der Waals surface area (Å²) in [6.07, 6.45) is 0. The van der Waals surface area contributed by atoms with Gasteiger partial charge >= 0.3 is 0 Å². The first-order chi connectivity index (χ1) is 8.81. The minimum absolute atomic E-state index is 0.0239. The quantitative estimate of drug-likeness (QED) is 0.897. The second-order valence-electron chi connectivity index (χ2n) is 3.91. The fourth-order valence-electron chi connectivity index (χ4n) is 1.73. The first-order valence-corrected chi connectivity index (χ1v) is 6.67. The standard InChI is InChI=1S/C14H15NO2S/c16-9-8-15(11-12-5-2-1-3-6-12)14(17)13-7-4-10-18-13/h1-7,10,16H,8-9,11H2. The highest BCUT2D eigenvalue weighted by Crippen LogP contribution is 2.14. The molecule has 0 spiro atoms. The van der Waals surface area contributed by atoms with Crippen molar-refractivity contribution in [2.45, 2.75) is 6.54 Å². The number of nitrogens with zero attached hydrogens (tertiary/aromatic N) is 1. The minimum atomic E-state index is -0.0251. The number of aliphatic hydroxyl groups excluding tert-OH is 1. The molecule has 0 aliphatic rings. The van der Waals surface area contributed by atoms with Crippen LogP contribution in [0.5, 0.6) is 0 Å². The Balaban J connectivity index is 2.11. The number of aliphatic hydroxyl groups is 1. The Kier molecular flexibility index (Phi) is 4.50.